The first-order valence-corrected chi connectivity index (χ1v) is 5.00. The summed E-state index contributed by atoms with van der Waals surface area (Å²) < 4.78 is 0. The highest BCUT2D eigenvalue weighted by Crippen LogP contribution is 2.14. The molecule has 2 N–H and O–H groups in total. The van der Waals surface area contributed by atoms with Gasteiger partial charge < -0.3 is 10.2 Å². The van der Waals surface area contributed by atoms with Crippen molar-refractivity contribution in [3.05, 3.63) is 34.9 Å². The SMILES string of the molecule is CC(C)Cc1cc(C(=O)O)cc(C(=O)O)c1. The van der Waals surface area contributed by atoms with Crippen molar-refractivity contribution in [3.63, 3.8) is 0 Å². The average molecular weight is 222 g/mol. The van der Waals surface area contributed by atoms with E-state index in [1.54, 1.807) is 0 Å². The number of benzene rings is 1. The maximum atomic E-state index is 10.8. The van der Waals surface area contributed by atoms with Gasteiger partial charge in [-0.3, -0.25) is 0 Å². The zero-order valence-corrected chi connectivity index (χ0v) is 9.23. The molecule has 0 saturated heterocycles. The number of carboxylic acids is 2. The average Bonchev–Trinajstić information content (AvgIpc) is 2.15. The molecular formula is C12H14O4. The van der Waals surface area contributed by atoms with E-state index in [1.165, 1.54) is 18.2 Å². The third kappa shape index (κ3) is 3.08. The van der Waals surface area contributed by atoms with Crippen LogP contribution in [0.25, 0.3) is 0 Å². The molecule has 0 saturated carbocycles. The Morgan fingerprint density at radius 1 is 1.06 bits per heavy atom. The summed E-state index contributed by atoms with van der Waals surface area (Å²) in [6.07, 6.45) is 0.668. The van der Waals surface area contributed by atoms with Crippen molar-refractivity contribution in [2.45, 2.75) is 20.3 Å². The molecule has 0 aromatic heterocycles. The van der Waals surface area contributed by atoms with Crippen molar-refractivity contribution in [2.24, 2.45) is 5.92 Å². The van der Waals surface area contributed by atoms with Crippen LogP contribution in [-0.4, -0.2) is 22.2 Å². The van der Waals surface area contributed by atoms with E-state index >= 15 is 0 Å². The van der Waals surface area contributed by atoms with E-state index in [9.17, 15) is 9.59 Å². The summed E-state index contributed by atoms with van der Waals surface area (Å²) in [7, 11) is 0. The summed E-state index contributed by atoms with van der Waals surface area (Å²) in [6.45, 7) is 3.99. The molecule has 0 heterocycles. The van der Waals surface area contributed by atoms with Crippen molar-refractivity contribution in [3.8, 4) is 0 Å². The molecular weight excluding hydrogens is 208 g/mol. The first kappa shape index (κ1) is 12.2. The molecule has 0 unspecified atom stereocenters. The van der Waals surface area contributed by atoms with Crippen LogP contribution in [0.15, 0.2) is 18.2 Å². The van der Waals surface area contributed by atoms with Crippen LogP contribution in [0.2, 0.25) is 0 Å². The van der Waals surface area contributed by atoms with Gasteiger partial charge in [0.2, 0.25) is 0 Å². The minimum Gasteiger partial charge on any atom is -0.478 e. The smallest absolute Gasteiger partial charge is 0.335 e. The van der Waals surface area contributed by atoms with E-state index in [1.807, 2.05) is 13.8 Å². The molecule has 0 amide bonds. The Kier molecular flexibility index (Phi) is 3.66. The highest BCUT2D eigenvalue weighted by atomic mass is 16.4. The molecule has 0 atom stereocenters. The predicted octanol–water partition coefficient (Wildman–Crippen LogP) is 2.28. The predicted molar refractivity (Wildman–Crippen MR) is 58.9 cm³/mol. The van der Waals surface area contributed by atoms with Gasteiger partial charge in [0.05, 0.1) is 11.1 Å². The fourth-order valence-electron chi connectivity index (χ4n) is 1.53. The summed E-state index contributed by atoms with van der Waals surface area (Å²) >= 11 is 0. The highest BCUT2D eigenvalue weighted by Gasteiger charge is 2.11. The molecule has 0 aliphatic heterocycles. The van der Waals surface area contributed by atoms with Gasteiger partial charge in [0.1, 0.15) is 0 Å². The Balaban J connectivity index is 3.18. The Morgan fingerprint density at radius 2 is 1.50 bits per heavy atom. The zero-order valence-electron chi connectivity index (χ0n) is 9.23. The van der Waals surface area contributed by atoms with Crippen LogP contribution in [-0.2, 0) is 6.42 Å². The Hall–Kier alpha value is -1.84. The van der Waals surface area contributed by atoms with E-state index in [0.717, 1.165) is 5.56 Å². The lowest BCUT2D eigenvalue weighted by Gasteiger charge is -2.07. The second-order valence-electron chi connectivity index (χ2n) is 4.13. The molecule has 0 aliphatic carbocycles. The molecule has 0 spiro atoms. The topological polar surface area (TPSA) is 74.6 Å². The van der Waals surface area contributed by atoms with Crippen molar-refractivity contribution < 1.29 is 19.8 Å². The maximum Gasteiger partial charge on any atom is 0.335 e. The van der Waals surface area contributed by atoms with Crippen LogP contribution in [0.1, 0.15) is 40.1 Å². The Labute approximate surface area is 93.5 Å². The molecule has 0 bridgehead atoms. The number of hydrogen-bond acceptors (Lipinski definition) is 2. The number of carbonyl (C=O) groups is 2. The molecule has 1 aromatic rings. The van der Waals surface area contributed by atoms with Crippen LogP contribution in [0.3, 0.4) is 0 Å². The van der Waals surface area contributed by atoms with Crippen molar-refractivity contribution in [1.82, 2.24) is 0 Å². The quantitative estimate of drug-likeness (QED) is 0.819. The lowest BCUT2D eigenvalue weighted by atomic mass is 9.98. The van der Waals surface area contributed by atoms with Gasteiger partial charge >= 0.3 is 11.9 Å². The van der Waals surface area contributed by atoms with Crippen molar-refractivity contribution in [2.75, 3.05) is 0 Å². The highest BCUT2D eigenvalue weighted by molar-refractivity contribution is 5.94. The van der Waals surface area contributed by atoms with Crippen LogP contribution in [0, 0.1) is 5.92 Å². The van der Waals surface area contributed by atoms with E-state index in [4.69, 9.17) is 10.2 Å². The fraction of sp³-hybridized carbons (Fsp3) is 0.333. The summed E-state index contributed by atoms with van der Waals surface area (Å²) in [6, 6.07) is 4.22. The molecule has 0 fully saturated rings. The third-order valence-electron chi connectivity index (χ3n) is 2.13. The van der Waals surface area contributed by atoms with Gasteiger partial charge in [-0.05, 0) is 36.1 Å². The number of aromatic carboxylic acids is 2. The van der Waals surface area contributed by atoms with Crippen LogP contribution < -0.4 is 0 Å². The first-order valence-electron chi connectivity index (χ1n) is 5.00. The lowest BCUT2D eigenvalue weighted by molar-refractivity contribution is 0.0696. The summed E-state index contributed by atoms with van der Waals surface area (Å²) in [5.74, 6) is -1.85. The summed E-state index contributed by atoms with van der Waals surface area (Å²) in [4.78, 5) is 21.6. The minimum atomic E-state index is -1.10. The zero-order chi connectivity index (χ0) is 12.3. The molecule has 0 aliphatic rings. The second-order valence-corrected chi connectivity index (χ2v) is 4.13. The second kappa shape index (κ2) is 4.79. The van der Waals surface area contributed by atoms with Gasteiger partial charge in [-0.15, -0.1) is 0 Å². The van der Waals surface area contributed by atoms with Crippen LogP contribution >= 0.6 is 0 Å². The maximum absolute atomic E-state index is 10.8. The largest absolute Gasteiger partial charge is 0.478 e. The molecule has 86 valence electrons. The van der Waals surface area contributed by atoms with E-state index < -0.39 is 11.9 Å². The molecule has 1 rings (SSSR count). The molecule has 16 heavy (non-hydrogen) atoms. The van der Waals surface area contributed by atoms with Gasteiger partial charge in [0, 0.05) is 0 Å². The molecule has 4 nitrogen and oxygen atoms in total. The molecule has 4 heteroatoms. The third-order valence-corrected chi connectivity index (χ3v) is 2.13. The summed E-state index contributed by atoms with van der Waals surface area (Å²) in [5, 5.41) is 17.7. The van der Waals surface area contributed by atoms with Gasteiger partial charge in [0.25, 0.3) is 0 Å². The van der Waals surface area contributed by atoms with Crippen LogP contribution in [0.4, 0.5) is 0 Å². The van der Waals surface area contributed by atoms with Crippen LogP contribution in [0.5, 0.6) is 0 Å². The number of carboxylic acid groups (broad SMARTS) is 2. The Morgan fingerprint density at radius 3 is 1.81 bits per heavy atom. The molecule has 0 radical (unpaired) electrons. The van der Waals surface area contributed by atoms with E-state index in [-0.39, 0.29) is 11.1 Å². The number of rotatable bonds is 4. The van der Waals surface area contributed by atoms with Gasteiger partial charge in [0.15, 0.2) is 0 Å². The van der Waals surface area contributed by atoms with E-state index in [0.29, 0.717) is 12.3 Å². The first-order chi connectivity index (χ1) is 7.40. The minimum absolute atomic E-state index is 0.0237. The Bertz CT molecular complexity index is 389. The van der Waals surface area contributed by atoms with Crippen molar-refractivity contribution >= 4 is 11.9 Å². The van der Waals surface area contributed by atoms with Gasteiger partial charge in [-0.2, -0.15) is 0 Å². The monoisotopic (exact) mass is 222 g/mol. The van der Waals surface area contributed by atoms with Gasteiger partial charge in [-0.1, -0.05) is 13.8 Å². The molecule has 1 aromatic carbocycles. The fourth-order valence-corrected chi connectivity index (χ4v) is 1.53. The van der Waals surface area contributed by atoms with Gasteiger partial charge in [-0.25, -0.2) is 9.59 Å². The standard InChI is InChI=1S/C12H14O4/c1-7(2)3-8-4-9(11(13)14)6-10(5-8)12(15)16/h4-7H,3H2,1-2H3,(H,13,14)(H,15,16). The normalized spacial score (nSPS) is 10.4. The summed E-state index contributed by atoms with van der Waals surface area (Å²) in [5.41, 5.74) is 0.790. The van der Waals surface area contributed by atoms with E-state index in [2.05, 4.69) is 0 Å². The number of hydrogen-bond donors (Lipinski definition) is 2. The van der Waals surface area contributed by atoms with Crippen molar-refractivity contribution in [1.29, 1.82) is 0 Å². The lowest BCUT2D eigenvalue weighted by Crippen LogP contribution is -2.05.